The molecule has 0 bridgehead atoms. The zero-order valence-corrected chi connectivity index (χ0v) is 14.2. The van der Waals surface area contributed by atoms with Crippen LogP contribution in [0.2, 0.25) is 0 Å². The number of nitrogens with one attached hydrogen (secondary N) is 2. The number of amides is 1. The van der Waals surface area contributed by atoms with E-state index in [1.807, 2.05) is 26.8 Å². The Balaban J connectivity index is 2.12. The van der Waals surface area contributed by atoms with Crippen molar-refractivity contribution < 1.29 is 13.9 Å². The normalized spacial score (nSPS) is 11.3. The molecule has 1 aromatic carbocycles. The Labute approximate surface area is 133 Å². The summed E-state index contributed by atoms with van der Waals surface area (Å²) >= 11 is 3.12. The lowest BCUT2D eigenvalue weighted by Gasteiger charge is -2.19. The lowest BCUT2D eigenvalue weighted by Crippen LogP contribution is -2.33. The molecule has 118 valence electrons. The average Bonchev–Trinajstić information content (AvgIpc) is 2.35. The van der Waals surface area contributed by atoms with Crippen LogP contribution in [0.5, 0.6) is 0 Å². The number of rotatable bonds is 6. The molecule has 0 aliphatic heterocycles. The van der Waals surface area contributed by atoms with Gasteiger partial charge in [0, 0.05) is 13.1 Å². The van der Waals surface area contributed by atoms with Crippen molar-refractivity contribution >= 4 is 22.0 Å². The number of carbonyl (C=O) groups excluding carboxylic acids is 1. The Morgan fingerprint density at radius 2 is 2.05 bits per heavy atom. The summed E-state index contributed by atoms with van der Waals surface area (Å²) in [6.45, 7) is 7.34. The van der Waals surface area contributed by atoms with Gasteiger partial charge in [0.05, 0.1) is 4.47 Å². The van der Waals surface area contributed by atoms with Gasteiger partial charge in [-0.2, -0.15) is 0 Å². The fourth-order valence-corrected chi connectivity index (χ4v) is 1.85. The molecule has 21 heavy (non-hydrogen) atoms. The largest absolute Gasteiger partial charge is 0.444 e. The van der Waals surface area contributed by atoms with Gasteiger partial charge in [0.2, 0.25) is 0 Å². The molecule has 1 aromatic rings. The van der Waals surface area contributed by atoms with Gasteiger partial charge in [0.15, 0.2) is 0 Å². The molecule has 0 heterocycles. The van der Waals surface area contributed by atoms with Gasteiger partial charge in [0.25, 0.3) is 0 Å². The highest BCUT2D eigenvalue weighted by molar-refractivity contribution is 9.10. The van der Waals surface area contributed by atoms with Crippen molar-refractivity contribution in [2.75, 3.05) is 13.1 Å². The van der Waals surface area contributed by atoms with E-state index in [9.17, 15) is 9.18 Å². The molecule has 0 aliphatic rings. The SMILES string of the molecule is CC(C)(C)OC(=O)NCCCNCc1ccc(Br)c(F)c1. The maximum atomic E-state index is 13.3. The number of hydrogen-bond donors (Lipinski definition) is 2. The van der Waals surface area contributed by atoms with Crippen LogP contribution in [0.4, 0.5) is 9.18 Å². The minimum atomic E-state index is -0.478. The highest BCUT2D eigenvalue weighted by Crippen LogP contribution is 2.16. The summed E-state index contributed by atoms with van der Waals surface area (Å²) in [5.41, 5.74) is 0.407. The molecule has 0 spiro atoms. The first-order chi connectivity index (χ1) is 9.78. The maximum absolute atomic E-state index is 13.3. The molecular formula is C15H22BrFN2O2. The minimum Gasteiger partial charge on any atom is -0.444 e. The van der Waals surface area contributed by atoms with Gasteiger partial charge in [-0.05, 0) is 67.4 Å². The summed E-state index contributed by atoms with van der Waals surface area (Å²) in [4.78, 5) is 11.4. The fourth-order valence-electron chi connectivity index (χ4n) is 1.60. The van der Waals surface area contributed by atoms with Gasteiger partial charge >= 0.3 is 6.09 Å². The van der Waals surface area contributed by atoms with Crippen LogP contribution in [0.25, 0.3) is 0 Å². The lowest BCUT2D eigenvalue weighted by molar-refractivity contribution is 0.0527. The van der Waals surface area contributed by atoms with Crippen LogP contribution in [0, 0.1) is 5.82 Å². The molecular weight excluding hydrogens is 339 g/mol. The maximum Gasteiger partial charge on any atom is 0.407 e. The highest BCUT2D eigenvalue weighted by atomic mass is 79.9. The van der Waals surface area contributed by atoms with Crippen LogP contribution in [0.15, 0.2) is 22.7 Å². The van der Waals surface area contributed by atoms with Crippen molar-refractivity contribution in [3.63, 3.8) is 0 Å². The van der Waals surface area contributed by atoms with E-state index in [0.29, 0.717) is 17.6 Å². The van der Waals surface area contributed by atoms with Gasteiger partial charge in [-0.1, -0.05) is 6.07 Å². The predicted octanol–water partition coefficient (Wildman–Crippen LogP) is 3.59. The number of alkyl carbamates (subject to hydrolysis) is 1. The second-order valence-electron chi connectivity index (χ2n) is 5.71. The second kappa shape index (κ2) is 8.34. The van der Waals surface area contributed by atoms with Gasteiger partial charge in [0.1, 0.15) is 11.4 Å². The molecule has 0 aromatic heterocycles. The van der Waals surface area contributed by atoms with Crippen LogP contribution in [0.1, 0.15) is 32.8 Å². The Kier molecular flexibility index (Phi) is 7.11. The first-order valence-electron chi connectivity index (χ1n) is 6.89. The van der Waals surface area contributed by atoms with Gasteiger partial charge in [-0.25, -0.2) is 9.18 Å². The Hall–Kier alpha value is -1.14. The van der Waals surface area contributed by atoms with Crippen LogP contribution >= 0.6 is 15.9 Å². The molecule has 0 saturated heterocycles. The van der Waals surface area contributed by atoms with E-state index in [0.717, 1.165) is 18.5 Å². The zero-order chi connectivity index (χ0) is 15.9. The number of benzene rings is 1. The third-order valence-corrected chi connectivity index (χ3v) is 3.15. The van der Waals surface area contributed by atoms with Crippen molar-refractivity contribution in [1.82, 2.24) is 10.6 Å². The summed E-state index contributed by atoms with van der Waals surface area (Å²) in [6.07, 6.45) is 0.371. The van der Waals surface area contributed by atoms with Crippen LogP contribution in [-0.2, 0) is 11.3 Å². The summed E-state index contributed by atoms with van der Waals surface area (Å²) in [5, 5.41) is 5.88. The van der Waals surface area contributed by atoms with Crippen LogP contribution in [0.3, 0.4) is 0 Å². The van der Waals surface area contributed by atoms with Crippen molar-refractivity contribution in [3.05, 3.63) is 34.1 Å². The van der Waals surface area contributed by atoms with E-state index in [4.69, 9.17) is 4.74 Å². The van der Waals surface area contributed by atoms with Crippen molar-refractivity contribution in [2.24, 2.45) is 0 Å². The van der Waals surface area contributed by atoms with E-state index >= 15 is 0 Å². The molecule has 1 rings (SSSR count). The molecule has 2 N–H and O–H groups in total. The third-order valence-electron chi connectivity index (χ3n) is 2.51. The Morgan fingerprint density at radius 1 is 1.33 bits per heavy atom. The number of hydrogen-bond acceptors (Lipinski definition) is 3. The smallest absolute Gasteiger partial charge is 0.407 e. The monoisotopic (exact) mass is 360 g/mol. The topological polar surface area (TPSA) is 50.4 Å². The van der Waals surface area contributed by atoms with E-state index in [1.54, 1.807) is 6.07 Å². The van der Waals surface area contributed by atoms with Crippen molar-refractivity contribution in [3.8, 4) is 0 Å². The average molecular weight is 361 g/mol. The quantitative estimate of drug-likeness (QED) is 0.762. The molecule has 0 atom stereocenters. The molecule has 0 unspecified atom stereocenters. The van der Waals surface area contributed by atoms with E-state index < -0.39 is 11.7 Å². The minimum absolute atomic E-state index is 0.263. The first-order valence-corrected chi connectivity index (χ1v) is 7.69. The molecule has 0 fully saturated rings. The fraction of sp³-hybridized carbons (Fsp3) is 0.533. The van der Waals surface area contributed by atoms with Crippen LogP contribution < -0.4 is 10.6 Å². The van der Waals surface area contributed by atoms with Crippen molar-refractivity contribution in [1.29, 1.82) is 0 Å². The lowest BCUT2D eigenvalue weighted by atomic mass is 10.2. The zero-order valence-electron chi connectivity index (χ0n) is 12.6. The molecule has 1 amide bonds. The first kappa shape index (κ1) is 17.9. The predicted molar refractivity (Wildman–Crippen MR) is 84.7 cm³/mol. The van der Waals surface area contributed by atoms with Crippen molar-refractivity contribution in [2.45, 2.75) is 39.3 Å². The number of halogens is 2. The Bertz CT molecular complexity index is 475. The van der Waals surface area contributed by atoms with E-state index in [2.05, 4.69) is 26.6 Å². The molecule has 0 aliphatic carbocycles. The third kappa shape index (κ3) is 8.02. The van der Waals surface area contributed by atoms with Gasteiger partial charge < -0.3 is 15.4 Å². The summed E-state index contributed by atoms with van der Waals surface area (Å²) in [6, 6.07) is 5.05. The number of ether oxygens (including phenoxy) is 1. The molecule has 6 heteroatoms. The van der Waals surface area contributed by atoms with E-state index in [1.165, 1.54) is 6.07 Å². The van der Waals surface area contributed by atoms with Crippen LogP contribution in [-0.4, -0.2) is 24.8 Å². The Morgan fingerprint density at radius 3 is 2.67 bits per heavy atom. The molecule has 0 saturated carbocycles. The standard InChI is InChI=1S/C15H22BrFN2O2/c1-15(2,3)21-14(20)19-8-4-7-18-10-11-5-6-12(16)13(17)9-11/h5-6,9,18H,4,7-8,10H2,1-3H3,(H,19,20). The van der Waals surface area contributed by atoms with Gasteiger partial charge in [-0.15, -0.1) is 0 Å². The summed E-state index contributed by atoms with van der Waals surface area (Å²) in [7, 11) is 0. The summed E-state index contributed by atoms with van der Waals surface area (Å²) in [5.74, 6) is -0.263. The molecule has 0 radical (unpaired) electrons. The highest BCUT2D eigenvalue weighted by Gasteiger charge is 2.15. The number of carbonyl (C=O) groups is 1. The summed E-state index contributed by atoms with van der Waals surface area (Å²) < 4.78 is 18.9. The van der Waals surface area contributed by atoms with Gasteiger partial charge in [-0.3, -0.25) is 0 Å². The molecule has 4 nitrogen and oxygen atoms in total. The second-order valence-corrected chi connectivity index (χ2v) is 6.56. The van der Waals surface area contributed by atoms with E-state index in [-0.39, 0.29) is 5.82 Å².